The molecular weight excluding hydrogens is 244 g/mol. The van der Waals surface area contributed by atoms with E-state index in [1.807, 2.05) is 20.8 Å². The van der Waals surface area contributed by atoms with Gasteiger partial charge in [0.15, 0.2) is 0 Å². The average molecular weight is 270 g/mol. The van der Waals surface area contributed by atoms with Crippen LogP contribution in [-0.4, -0.2) is 41.1 Å². The van der Waals surface area contributed by atoms with Crippen LogP contribution in [0.2, 0.25) is 0 Å². The van der Waals surface area contributed by atoms with Gasteiger partial charge in [0, 0.05) is 13.1 Å². The number of carboxylic acid groups (broad SMARTS) is 1. The minimum absolute atomic E-state index is 0.246. The summed E-state index contributed by atoms with van der Waals surface area (Å²) < 4.78 is 0. The summed E-state index contributed by atoms with van der Waals surface area (Å²) in [5.74, 6) is -0.979. The van der Waals surface area contributed by atoms with E-state index in [4.69, 9.17) is 0 Å². The first kappa shape index (κ1) is 15.8. The van der Waals surface area contributed by atoms with Crippen molar-refractivity contribution in [3.05, 3.63) is 0 Å². The van der Waals surface area contributed by atoms with E-state index in [1.165, 1.54) is 6.42 Å². The first-order chi connectivity index (χ1) is 8.82. The lowest BCUT2D eigenvalue weighted by molar-refractivity contribution is -0.142. The second-order valence-electron chi connectivity index (χ2n) is 6.34. The molecule has 0 saturated carbocycles. The van der Waals surface area contributed by atoms with Crippen LogP contribution >= 0.6 is 0 Å². The summed E-state index contributed by atoms with van der Waals surface area (Å²) >= 11 is 0. The number of aliphatic carboxylic acids is 1. The third kappa shape index (κ3) is 5.09. The van der Waals surface area contributed by atoms with Gasteiger partial charge in [-0.05, 0) is 18.3 Å². The molecule has 1 aliphatic heterocycles. The predicted molar refractivity (Wildman–Crippen MR) is 74.1 cm³/mol. The van der Waals surface area contributed by atoms with E-state index in [1.54, 1.807) is 4.90 Å². The lowest BCUT2D eigenvalue weighted by Crippen LogP contribution is -2.53. The van der Waals surface area contributed by atoms with Crippen LogP contribution in [0.4, 0.5) is 4.79 Å². The molecule has 0 aromatic rings. The molecule has 110 valence electrons. The number of likely N-dealkylation sites (tertiary alicyclic amines) is 1. The zero-order chi connectivity index (χ0) is 14.5. The summed E-state index contributed by atoms with van der Waals surface area (Å²) in [6.45, 7) is 6.91. The van der Waals surface area contributed by atoms with Crippen molar-refractivity contribution in [2.75, 3.05) is 13.1 Å². The predicted octanol–water partition coefficient (Wildman–Crippen LogP) is 2.46. The van der Waals surface area contributed by atoms with Gasteiger partial charge in [0.25, 0.3) is 0 Å². The molecule has 2 N–H and O–H groups in total. The third-order valence-electron chi connectivity index (χ3n) is 3.52. The van der Waals surface area contributed by atoms with Crippen LogP contribution in [0.15, 0.2) is 0 Å². The highest BCUT2D eigenvalue weighted by molar-refractivity contribution is 5.83. The third-order valence-corrected chi connectivity index (χ3v) is 3.52. The maximum atomic E-state index is 12.2. The molecule has 0 aliphatic carbocycles. The summed E-state index contributed by atoms with van der Waals surface area (Å²) in [6, 6.07) is -1.10. The summed E-state index contributed by atoms with van der Waals surface area (Å²) in [7, 11) is 0. The highest BCUT2D eigenvalue weighted by atomic mass is 16.4. The molecule has 2 amide bonds. The summed E-state index contributed by atoms with van der Waals surface area (Å²) in [4.78, 5) is 25.2. The van der Waals surface area contributed by atoms with Gasteiger partial charge in [-0.2, -0.15) is 0 Å². The van der Waals surface area contributed by atoms with Gasteiger partial charge in [-0.3, -0.25) is 0 Å². The summed E-state index contributed by atoms with van der Waals surface area (Å²) in [5.41, 5.74) is -0.496. The minimum Gasteiger partial charge on any atom is -0.480 e. The molecule has 0 bridgehead atoms. The molecule has 5 nitrogen and oxygen atoms in total. The standard InChI is InChI=1S/C14H26N2O3/c1-14(2,3)11(12(17)18)15-13(19)16-9-7-5-4-6-8-10-16/h11H,4-10H2,1-3H3,(H,15,19)(H,17,18)/t11-/m1/s1. The Kier molecular flexibility index (Phi) is 5.63. The maximum Gasteiger partial charge on any atom is 0.326 e. The molecule has 1 saturated heterocycles. The normalized spacial score (nSPS) is 19.2. The molecule has 0 radical (unpaired) electrons. The highest BCUT2D eigenvalue weighted by Gasteiger charge is 2.33. The van der Waals surface area contributed by atoms with Crippen molar-refractivity contribution in [2.24, 2.45) is 5.41 Å². The number of rotatable bonds is 2. The van der Waals surface area contributed by atoms with Gasteiger partial charge < -0.3 is 15.3 Å². The number of carbonyl (C=O) groups excluding carboxylic acids is 1. The first-order valence-electron chi connectivity index (χ1n) is 7.10. The molecular formula is C14H26N2O3. The van der Waals surface area contributed by atoms with Crippen LogP contribution in [0.5, 0.6) is 0 Å². The Hall–Kier alpha value is -1.26. The van der Waals surface area contributed by atoms with Crippen molar-refractivity contribution in [3.8, 4) is 0 Å². The van der Waals surface area contributed by atoms with Crippen LogP contribution in [0.3, 0.4) is 0 Å². The van der Waals surface area contributed by atoms with Gasteiger partial charge in [-0.1, -0.05) is 40.0 Å². The largest absolute Gasteiger partial charge is 0.480 e. The lowest BCUT2D eigenvalue weighted by atomic mass is 9.87. The smallest absolute Gasteiger partial charge is 0.326 e. The van der Waals surface area contributed by atoms with E-state index in [2.05, 4.69) is 5.32 Å². The molecule has 1 heterocycles. The van der Waals surface area contributed by atoms with E-state index in [-0.39, 0.29) is 6.03 Å². The molecule has 0 aromatic carbocycles. The number of urea groups is 1. The zero-order valence-electron chi connectivity index (χ0n) is 12.2. The Morgan fingerprint density at radius 3 is 1.95 bits per heavy atom. The van der Waals surface area contributed by atoms with Crippen molar-refractivity contribution >= 4 is 12.0 Å². The van der Waals surface area contributed by atoms with Crippen molar-refractivity contribution in [1.82, 2.24) is 10.2 Å². The fourth-order valence-electron chi connectivity index (χ4n) is 2.31. The number of nitrogens with zero attached hydrogens (tertiary/aromatic N) is 1. The number of carbonyl (C=O) groups is 2. The number of nitrogens with one attached hydrogen (secondary N) is 1. The van der Waals surface area contributed by atoms with Crippen molar-refractivity contribution < 1.29 is 14.7 Å². The number of carboxylic acids is 1. The highest BCUT2D eigenvalue weighted by Crippen LogP contribution is 2.20. The van der Waals surface area contributed by atoms with Gasteiger partial charge in [0.2, 0.25) is 0 Å². The van der Waals surface area contributed by atoms with Crippen molar-refractivity contribution in [1.29, 1.82) is 0 Å². The molecule has 1 aliphatic rings. The molecule has 19 heavy (non-hydrogen) atoms. The van der Waals surface area contributed by atoms with Crippen LogP contribution in [0.25, 0.3) is 0 Å². The molecule has 0 aromatic heterocycles. The second-order valence-corrected chi connectivity index (χ2v) is 6.34. The molecule has 1 fully saturated rings. The van der Waals surface area contributed by atoms with Gasteiger partial charge in [0.1, 0.15) is 6.04 Å². The second kappa shape index (κ2) is 6.78. The molecule has 1 atom stereocenters. The van der Waals surface area contributed by atoms with Crippen LogP contribution in [0, 0.1) is 5.41 Å². The van der Waals surface area contributed by atoms with Crippen LogP contribution in [-0.2, 0) is 4.79 Å². The van der Waals surface area contributed by atoms with Crippen LogP contribution < -0.4 is 5.32 Å². The molecule has 5 heteroatoms. The maximum absolute atomic E-state index is 12.2. The summed E-state index contributed by atoms with van der Waals surface area (Å²) in [6.07, 6.45) is 5.52. The Balaban J connectivity index is 2.62. The zero-order valence-corrected chi connectivity index (χ0v) is 12.2. The SMILES string of the molecule is CC(C)(C)[C@H](NC(=O)N1CCCCCCC1)C(=O)O. The van der Waals surface area contributed by atoms with Crippen molar-refractivity contribution in [3.63, 3.8) is 0 Å². The van der Waals surface area contributed by atoms with Gasteiger partial charge in [-0.15, -0.1) is 0 Å². The fourth-order valence-corrected chi connectivity index (χ4v) is 2.31. The van der Waals surface area contributed by atoms with Gasteiger partial charge >= 0.3 is 12.0 Å². The van der Waals surface area contributed by atoms with Gasteiger partial charge in [0.05, 0.1) is 0 Å². The molecule has 1 rings (SSSR count). The minimum atomic E-state index is -0.979. The first-order valence-corrected chi connectivity index (χ1v) is 7.10. The Bertz CT molecular complexity index is 315. The quantitative estimate of drug-likeness (QED) is 0.809. The van der Waals surface area contributed by atoms with E-state index >= 15 is 0 Å². The fraction of sp³-hybridized carbons (Fsp3) is 0.857. The molecule has 0 unspecified atom stereocenters. The number of hydrogen-bond acceptors (Lipinski definition) is 2. The summed E-state index contributed by atoms with van der Waals surface area (Å²) in [5, 5.41) is 11.9. The number of amides is 2. The Labute approximate surface area is 115 Å². The Morgan fingerprint density at radius 1 is 1.05 bits per heavy atom. The van der Waals surface area contributed by atoms with E-state index in [0.717, 1.165) is 38.8 Å². The average Bonchev–Trinajstić information content (AvgIpc) is 2.22. The number of hydrogen-bond donors (Lipinski definition) is 2. The van der Waals surface area contributed by atoms with Gasteiger partial charge in [-0.25, -0.2) is 9.59 Å². The monoisotopic (exact) mass is 270 g/mol. The van der Waals surface area contributed by atoms with Crippen molar-refractivity contribution in [2.45, 2.75) is 58.9 Å². The van der Waals surface area contributed by atoms with Crippen LogP contribution in [0.1, 0.15) is 52.9 Å². The lowest BCUT2D eigenvalue weighted by Gasteiger charge is -2.31. The molecule has 0 spiro atoms. The van der Waals surface area contributed by atoms with E-state index in [9.17, 15) is 14.7 Å². The van der Waals surface area contributed by atoms with E-state index in [0.29, 0.717) is 0 Å². The Morgan fingerprint density at radius 2 is 1.53 bits per heavy atom. The topological polar surface area (TPSA) is 69.6 Å². The van der Waals surface area contributed by atoms with E-state index < -0.39 is 17.4 Å².